The molecule has 12 heteroatoms. The number of carbonyl (C=O) groups excluding carboxylic acids is 4. The molecule has 194 valence electrons. The van der Waals surface area contributed by atoms with E-state index >= 15 is 0 Å². The summed E-state index contributed by atoms with van der Waals surface area (Å²) in [7, 11) is 0. The first-order valence-electron chi connectivity index (χ1n) is 11.3. The summed E-state index contributed by atoms with van der Waals surface area (Å²) in [5.74, 6) is -5.00. The Morgan fingerprint density at radius 2 is 1.46 bits per heavy atom. The Bertz CT molecular complexity index is 894. The van der Waals surface area contributed by atoms with E-state index in [4.69, 9.17) is 11.5 Å². The van der Waals surface area contributed by atoms with Gasteiger partial charge in [-0.05, 0) is 18.4 Å². The van der Waals surface area contributed by atoms with E-state index in [0.29, 0.717) is 12.0 Å². The third kappa shape index (κ3) is 9.71. The quantitative estimate of drug-likeness (QED) is 0.160. The van der Waals surface area contributed by atoms with Gasteiger partial charge in [-0.25, -0.2) is 4.79 Å². The fourth-order valence-corrected chi connectivity index (χ4v) is 3.16. The maximum Gasteiger partial charge on any atom is 0.328 e. The minimum atomic E-state index is -1.68. The van der Waals surface area contributed by atoms with E-state index in [1.807, 2.05) is 6.92 Å². The van der Waals surface area contributed by atoms with E-state index in [0.717, 1.165) is 6.92 Å². The van der Waals surface area contributed by atoms with Gasteiger partial charge in [0.15, 0.2) is 6.04 Å². The molecule has 1 aromatic carbocycles. The molecule has 35 heavy (non-hydrogen) atoms. The summed E-state index contributed by atoms with van der Waals surface area (Å²) in [5.41, 5.74) is 11.9. The lowest BCUT2D eigenvalue weighted by Gasteiger charge is -2.26. The van der Waals surface area contributed by atoms with Gasteiger partial charge < -0.3 is 37.6 Å². The lowest BCUT2D eigenvalue weighted by atomic mass is 9.98. The number of hydrogen-bond donors (Lipinski definition) is 7. The van der Waals surface area contributed by atoms with Crippen molar-refractivity contribution in [2.45, 2.75) is 70.3 Å². The molecule has 0 bridgehead atoms. The smallest absolute Gasteiger partial charge is 0.328 e. The summed E-state index contributed by atoms with van der Waals surface area (Å²) in [6.45, 7) is 4.83. The average Bonchev–Trinajstić information content (AvgIpc) is 2.80. The van der Waals surface area contributed by atoms with Crippen LogP contribution in [0.25, 0.3) is 0 Å². The summed E-state index contributed by atoms with van der Waals surface area (Å²) >= 11 is 0. The fraction of sp³-hybridized carbons (Fsp3) is 0.522. The first-order chi connectivity index (χ1) is 16.4. The number of rotatable bonds is 14. The molecule has 12 nitrogen and oxygen atoms in total. The number of nitrogens with one attached hydrogen (secondary N) is 3. The highest BCUT2D eigenvalue weighted by Gasteiger charge is 2.33. The zero-order valence-corrected chi connectivity index (χ0v) is 20.1. The number of aliphatic carboxylic acids is 1. The lowest BCUT2D eigenvalue weighted by molar-refractivity contribution is -0.145. The van der Waals surface area contributed by atoms with Crippen LogP contribution in [0.5, 0.6) is 0 Å². The summed E-state index contributed by atoms with van der Waals surface area (Å²) in [6.07, 6.45) is -1.39. The number of nitrogens with two attached hydrogens (primary N) is 2. The molecule has 0 aromatic heterocycles. The van der Waals surface area contributed by atoms with Crippen molar-refractivity contribution in [1.29, 1.82) is 0 Å². The van der Waals surface area contributed by atoms with Gasteiger partial charge in [0, 0.05) is 6.42 Å². The Balaban J connectivity index is 3.14. The maximum atomic E-state index is 13.1. The molecule has 6 unspecified atom stereocenters. The van der Waals surface area contributed by atoms with E-state index in [1.54, 1.807) is 37.3 Å². The van der Waals surface area contributed by atoms with Crippen LogP contribution in [0.1, 0.15) is 39.2 Å². The molecule has 1 aromatic rings. The van der Waals surface area contributed by atoms with Crippen LogP contribution >= 0.6 is 0 Å². The summed E-state index contributed by atoms with van der Waals surface area (Å²) < 4.78 is 0. The Morgan fingerprint density at radius 1 is 0.914 bits per heavy atom. The van der Waals surface area contributed by atoms with Gasteiger partial charge in [-0.1, -0.05) is 50.6 Å². The summed E-state index contributed by atoms with van der Waals surface area (Å²) in [6, 6.07) is 3.52. The van der Waals surface area contributed by atoms with Crippen molar-refractivity contribution < 1.29 is 34.2 Å². The number of aliphatic hydroxyl groups excluding tert-OH is 1. The van der Waals surface area contributed by atoms with Gasteiger partial charge >= 0.3 is 5.97 Å². The molecule has 0 heterocycles. The molecule has 6 atom stereocenters. The third-order valence-corrected chi connectivity index (χ3v) is 5.56. The molecule has 4 amide bonds. The number of hydrogen-bond acceptors (Lipinski definition) is 7. The van der Waals surface area contributed by atoms with Gasteiger partial charge in [-0.2, -0.15) is 0 Å². The van der Waals surface area contributed by atoms with Crippen molar-refractivity contribution >= 4 is 29.6 Å². The molecule has 0 fully saturated rings. The first kappa shape index (κ1) is 29.5. The fourth-order valence-electron chi connectivity index (χ4n) is 3.16. The van der Waals surface area contributed by atoms with Crippen LogP contribution in [0.15, 0.2) is 30.3 Å². The standard InChI is InChI=1S/C23H35N5O7/c1-4-12(2)18(25)22(33)27-15(10-14-8-6-5-7-9-14)20(31)26-16(11-17(24)30)21(32)28-19(13(3)29)23(34)35/h5-9,12-13,15-16,18-19,29H,4,10-11,25H2,1-3H3,(H2,24,30)(H,26,31)(H,27,33)(H,28,32)(H,34,35). The van der Waals surface area contributed by atoms with E-state index in [2.05, 4.69) is 16.0 Å². The molecule has 0 aliphatic heterocycles. The molecule has 0 saturated heterocycles. The summed E-state index contributed by atoms with van der Waals surface area (Å²) in [5, 5.41) is 25.8. The number of amides is 4. The largest absolute Gasteiger partial charge is 0.480 e. The minimum Gasteiger partial charge on any atom is -0.480 e. The number of primary amides is 1. The zero-order chi connectivity index (χ0) is 26.7. The van der Waals surface area contributed by atoms with Gasteiger partial charge in [0.25, 0.3) is 0 Å². The van der Waals surface area contributed by atoms with E-state index < -0.39 is 66.3 Å². The van der Waals surface area contributed by atoms with Crippen LogP contribution in [0.2, 0.25) is 0 Å². The second-order valence-electron chi connectivity index (χ2n) is 8.46. The van der Waals surface area contributed by atoms with Crippen molar-refractivity contribution in [3.05, 3.63) is 35.9 Å². The van der Waals surface area contributed by atoms with Crippen LogP contribution in [-0.4, -0.2) is 70.1 Å². The molecule has 0 aliphatic carbocycles. The second-order valence-corrected chi connectivity index (χ2v) is 8.46. The Morgan fingerprint density at radius 3 is 1.94 bits per heavy atom. The van der Waals surface area contributed by atoms with Gasteiger partial charge in [-0.3, -0.25) is 19.2 Å². The normalized spacial score (nSPS) is 16.0. The van der Waals surface area contributed by atoms with Crippen molar-refractivity contribution in [2.75, 3.05) is 0 Å². The maximum absolute atomic E-state index is 13.1. The molecular weight excluding hydrogens is 458 g/mol. The Labute approximate surface area is 203 Å². The number of carbonyl (C=O) groups is 5. The molecule has 0 spiro atoms. The highest BCUT2D eigenvalue weighted by molar-refractivity contribution is 5.96. The van der Waals surface area contributed by atoms with Crippen LogP contribution in [0.4, 0.5) is 0 Å². The van der Waals surface area contributed by atoms with Crippen LogP contribution in [-0.2, 0) is 30.4 Å². The third-order valence-electron chi connectivity index (χ3n) is 5.56. The predicted molar refractivity (Wildman–Crippen MR) is 126 cm³/mol. The van der Waals surface area contributed by atoms with E-state index in [1.165, 1.54) is 0 Å². The molecule has 1 rings (SSSR count). The van der Waals surface area contributed by atoms with Crippen LogP contribution < -0.4 is 27.4 Å². The number of carboxylic acid groups (broad SMARTS) is 1. The topological polar surface area (TPSA) is 214 Å². The molecular formula is C23H35N5O7. The van der Waals surface area contributed by atoms with Crippen LogP contribution in [0.3, 0.4) is 0 Å². The van der Waals surface area contributed by atoms with E-state index in [-0.39, 0.29) is 12.3 Å². The number of carboxylic acids is 1. The minimum absolute atomic E-state index is 0.0575. The molecule has 9 N–H and O–H groups in total. The van der Waals surface area contributed by atoms with Crippen LogP contribution in [0, 0.1) is 5.92 Å². The molecule has 0 radical (unpaired) electrons. The number of aliphatic hydroxyl groups is 1. The van der Waals surface area contributed by atoms with Gasteiger partial charge in [0.2, 0.25) is 23.6 Å². The zero-order valence-electron chi connectivity index (χ0n) is 20.1. The van der Waals surface area contributed by atoms with Crippen molar-refractivity contribution in [1.82, 2.24) is 16.0 Å². The number of benzene rings is 1. The van der Waals surface area contributed by atoms with Crippen molar-refractivity contribution in [3.8, 4) is 0 Å². The Hall–Kier alpha value is -3.51. The average molecular weight is 494 g/mol. The Kier molecular flexibility index (Phi) is 11.8. The van der Waals surface area contributed by atoms with E-state index in [9.17, 15) is 34.2 Å². The molecule has 0 saturated carbocycles. The van der Waals surface area contributed by atoms with Gasteiger partial charge in [0.1, 0.15) is 12.1 Å². The highest BCUT2D eigenvalue weighted by atomic mass is 16.4. The van der Waals surface area contributed by atoms with Crippen molar-refractivity contribution in [2.24, 2.45) is 17.4 Å². The predicted octanol–water partition coefficient (Wildman–Crippen LogP) is -1.60. The highest BCUT2D eigenvalue weighted by Crippen LogP contribution is 2.09. The second kappa shape index (κ2) is 14.0. The summed E-state index contributed by atoms with van der Waals surface area (Å²) in [4.78, 5) is 61.3. The lowest BCUT2D eigenvalue weighted by Crippen LogP contribution is -2.59. The van der Waals surface area contributed by atoms with Gasteiger partial charge in [0.05, 0.1) is 18.6 Å². The monoisotopic (exact) mass is 493 g/mol. The van der Waals surface area contributed by atoms with Gasteiger partial charge in [-0.15, -0.1) is 0 Å². The van der Waals surface area contributed by atoms with Crippen molar-refractivity contribution in [3.63, 3.8) is 0 Å². The molecule has 0 aliphatic rings. The first-order valence-corrected chi connectivity index (χ1v) is 11.3. The SMILES string of the molecule is CCC(C)C(N)C(=O)NC(Cc1ccccc1)C(=O)NC(CC(N)=O)C(=O)NC(C(=O)O)C(C)O.